The molecule has 0 amide bonds. The molecule has 1 fully saturated rings. The number of carbonyl (C=O) groups is 1. The summed E-state index contributed by atoms with van der Waals surface area (Å²) in [6, 6.07) is 0. The Labute approximate surface area is 182 Å². The molecule has 6 atom stereocenters. The van der Waals surface area contributed by atoms with Crippen LogP contribution in [0.4, 0.5) is 0 Å². The standard InChI is InChI=1S/C24H46O3.C2H6/c1-5-6-7-10-18(2)22-13-8-11-21(12-9-14-24(26)27)16-15-19(3)23(22)17-20(4)25;1-2/h18-23,25H,5-17H2,1-4H3,(H,26,27);1-2H3/t18-,19?,20+,21?,22+,23-;/m0./s1. The molecular formula is C26H52O3. The number of hydrogen-bond donors (Lipinski definition) is 2. The van der Waals surface area contributed by atoms with E-state index in [0.717, 1.165) is 31.1 Å². The first-order chi connectivity index (χ1) is 13.8. The van der Waals surface area contributed by atoms with Crippen molar-refractivity contribution in [3.63, 3.8) is 0 Å². The Morgan fingerprint density at radius 3 is 2.31 bits per heavy atom. The van der Waals surface area contributed by atoms with E-state index in [-0.39, 0.29) is 6.10 Å². The van der Waals surface area contributed by atoms with Crippen molar-refractivity contribution >= 4 is 5.97 Å². The molecule has 29 heavy (non-hydrogen) atoms. The number of aliphatic hydroxyl groups excluding tert-OH is 1. The molecule has 3 heteroatoms. The van der Waals surface area contributed by atoms with E-state index in [1.807, 2.05) is 20.8 Å². The van der Waals surface area contributed by atoms with Crippen LogP contribution in [-0.4, -0.2) is 22.3 Å². The third-order valence-electron chi connectivity index (χ3n) is 7.07. The van der Waals surface area contributed by atoms with Gasteiger partial charge in [-0.3, -0.25) is 4.79 Å². The zero-order chi connectivity index (χ0) is 22.2. The van der Waals surface area contributed by atoms with E-state index < -0.39 is 5.97 Å². The van der Waals surface area contributed by atoms with Crippen molar-refractivity contribution in [2.24, 2.45) is 29.6 Å². The van der Waals surface area contributed by atoms with E-state index in [2.05, 4.69) is 20.8 Å². The summed E-state index contributed by atoms with van der Waals surface area (Å²) < 4.78 is 0. The highest BCUT2D eigenvalue weighted by Gasteiger charge is 2.32. The van der Waals surface area contributed by atoms with Crippen molar-refractivity contribution in [1.29, 1.82) is 0 Å². The van der Waals surface area contributed by atoms with Crippen LogP contribution in [0.15, 0.2) is 0 Å². The van der Waals surface area contributed by atoms with Gasteiger partial charge in [-0.25, -0.2) is 0 Å². The fraction of sp³-hybridized carbons (Fsp3) is 0.962. The molecule has 2 N–H and O–H groups in total. The predicted octanol–water partition coefficient (Wildman–Crippen LogP) is 7.70. The van der Waals surface area contributed by atoms with Crippen molar-refractivity contribution in [1.82, 2.24) is 0 Å². The SMILES string of the molecule is CC.CCCCC[C@H](C)[C@H]1CCCC(CCCC(=O)O)CCC(C)[C@@H]1C[C@@H](C)O. The summed E-state index contributed by atoms with van der Waals surface area (Å²) in [5.74, 6) is 2.77. The van der Waals surface area contributed by atoms with Crippen LogP contribution in [0.2, 0.25) is 0 Å². The number of hydrogen-bond acceptors (Lipinski definition) is 2. The summed E-state index contributed by atoms with van der Waals surface area (Å²) in [5.41, 5.74) is 0. The van der Waals surface area contributed by atoms with Gasteiger partial charge in [-0.05, 0) is 62.2 Å². The average molecular weight is 413 g/mol. The fourth-order valence-corrected chi connectivity index (χ4v) is 5.40. The van der Waals surface area contributed by atoms with E-state index in [9.17, 15) is 9.90 Å². The highest BCUT2D eigenvalue weighted by Crippen LogP contribution is 2.41. The summed E-state index contributed by atoms with van der Waals surface area (Å²) in [6.45, 7) is 13.1. The van der Waals surface area contributed by atoms with Crippen molar-refractivity contribution in [2.75, 3.05) is 0 Å². The van der Waals surface area contributed by atoms with Crippen LogP contribution in [0.1, 0.15) is 125 Å². The van der Waals surface area contributed by atoms with Crippen LogP contribution in [-0.2, 0) is 4.79 Å². The normalized spacial score (nSPS) is 27.6. The first kappa shape index (κ1) is 28.4. The minimum Gasteiger partial charge on any atom is -0.481 e. The number of carboxylic acids is 1. The molecule has 0 aromatic rings. The third kappa shape index (κ3) is 12.7. The summed E-state index contributed by atoms with van der Waals surface area (Å²) in [6.07, 6.45) is 14.5. The second-order valence-corrected chi connectivity index (χ2v) is 9.52. The average Bonchev–Trinajstić information content (AvgIpc) is 2.74. The maximum atomic E-state index is 10.8. The monoisotopic (exact) mass is 412 g/mol. The highest BCUT2D eigenvalue weighted by molar-refractivity contribution is 5.66. The molecule has 3 nitrogen and oxygen atoms in total. The number of carboxylic acid groups (broad SMARTS) is 1. The summed E-state index contributed by atoms with van der Waals surface area (Å²) in [5, 5.41) is 19.0. The Morgan fingerprint density at radius 2 is 1.72 bits per heavy atom. The molecule has 0 aromatic carbocycles. The summed E-state index contributed by atoms with van der Waals surface area (Å²) >= 11 is 0. The van der Waals surface area contributed by atoms with Gasteiger partial charge in [0.05, 0.1) is 6.10 Å². The number of rotatable bonds is 11. The molecule has 174 valence electrons. The molecule has 0 heterocycles. The lowest BCUT2D eigenvalue weighted by molar-refractivity contribution is -0.137. The first-order valence-electron chi connectivity index (χ1n) is 12.7. The van der Waals surface area contributed by atoms with Gasteiger partial charge in [0.25, 0.3) is 0 Å². The second kappa shape index (κ2) is 17.1. The molecule has 0 radical (unpaired) electrons. The lowest BCUT2D eigenvalue weighted by Gasteiger charge is -2.36. The summed E-state index contributed by atoms with van der Waals surface area (Å²) in [7, 11) is 0. The van der Waals surface area contributed by atoms with Crippen LogP contribution in [0.25, 0.3) is 0 Å². The van der Waals surface area contributed by atoms with Crippen molar-refractivity contribution in [3.8, 4) is 0 Å². The van der Waals surface area contributed by atoms with Crippen LogP contribution in [0.5, 0.6) is 0 Å². The van der Waals surface area contributed by atoms with E-state index in [1.165, 1.54) is 57.8 Å². The van der Waals surface area contributed by atoms with Gasteiger partial charge in [0.2, 0.25) is 0 Å². The van der Waals surface area contributed by atoms with E-state index in [1.54, 1.807) is 0 Å². The number of unbranched alkanes of at least 4 members (excludes halogenated alkanes) is 2. The highest BCUT2D eigenvalue weighted by atomic mass is 16.4. The Hall–Kier alpha value is -0.570. The zero-order valence-corrected chi connectivity index (χ0v) is 20.5. The molecule has 2 unspecified atom stereocenters. The fourth-order valence-electron chi connectivity index (χ4n) is 5.40. The largest absolute Gasteiger partial charge is 0.481 e. The molecule has 1 aliphatic rings. The molecule has 1 saturated carbocycles. The summed E-state index contributed by atoms with van der Waals surface area (Å²) in [4.78, 5) is 10.8. The number of aliphatic hydroxyl groups is 1. The first-order valence-corrected chi connectivity index (χ1v) is 12.7. The van der Waals surface area contributed by atoms with Gasteiger partial charge < -0.3 is 10.2 Å². The molecule has 0 saturated heterocycles. The van der Waals surface area contributed by atoms with E-state index in [0.29, 0.717) is 24.2 Å². The lowest BCUT2D eigenvalue weighted by atomic mass is 9.69. The Morgan fingerprint density at radius 1 is 1.03 bits per heavy atom. The molecule has 1 aliphatic carbocycles. The van der Waals surface area contributed by atoms with Gasteiger partial charge in [-0.15, -0.1) is 0 Å². The van der Waals surface area contributed by atoms with Crippen molar-refractivity contribution < 1.29 is 15.0 Å². The molecular weight excluding hydrogens is 360 g/mol. The predicted molar refractivity (Wildman–Crippen MR) is 125 cm³/mol. The minimum absolute atomic E-state index is 0.213. The minimum atomic E-state index is -0.663. The van der Waals surface area contributed by atoms with Gasteiger partial charge in [-0.2, -0.15) is 0 Å². The quantitative estimate of drug-likeness (QED) is 0.342. The molecule has 0 spiro atoms. The van der Waals surface area contributed by atoms with Gasteiger partial charge in [0.15, 0.2) is 0 Å². The lowest BCUT2D eigenvalue weighted by Crippen LogP contribution is -2.30. The molecule has 0 aromatic heterocycles. The molecule has 1 rings (SSSR count). The zero-order valence-electron chi connectivity index (χ0n) is 20.5. The van der Waals surface area contributed by atoms with Gasteiger partial charge in [0, 0.05) is 6.42 Å². The topological polar surface area (TPSA) is 57.5 Å². The number of aliphatic carboxylic acids is 1. The maximum absolute atomic E-state index is 10.8. The smallest absolute Gasteiger partial charge is 0.303 e. The third-order valence-corrected chi connectivity index (χ3v) is 7.07. The van der Waals surface area contributed by atoms with Gasteiger partial charge in [-0.1, -0.05) is 86.0 Å². The van der Waals surface area contributed by atoms with Crippen LogP contribution >= 0.6 is 0 Å². The second-order valence-electron chi connectivity index (χ2n) is 9.52. The molecule has 0 aliphatic heterocycles. The Balaban J connectivity index is 0.00000379. The van der Waals surface area contributed by atoms with Crippen LogP contribution in [0.3, 0.4) is 0 Å². The Kier molecular flexibility index (Phi) is 16.8. The Bertz CT molecular complexity index is 393. The molecule has 0 bridgehead atoms. The van der Waals surface area contributed by atoms with Gasteiger partial charge in [0.1, 0.15) is 0 Å². The van der Waals surface area contributed by atoms with Gasteiger partial charge >= 0.3 is 5.97 Å². The van der Waals surface area contributed by atoms with Crippen molar-refractivity contribution in [2.45, 2.75) is 131 Å². The maximum Gasteiger partial charge on any atom is 0.303 e. The van der Waals surface area contributed by atoms with Crippen LogP contribution < -0.4 is 0 Å². The van der Waals surface area contributed by atoms with Crippen molar-refractivity contribution in [3.05, 3.63) is 0 Å². The van der Waals surface area contributed by atoms with E-state index >= 15 is 0 Å². The van der Waals surface area contributed by atoms with Crippen LogP contribution in [0, 0.1) is 29.6 Å². The van der Waals surface area contributed by atoms with E-state index in [4.69, 9.17) is 5.11 Å².